The second-order valence-corrected chi connectivity index (χ2v) is 5.31. The summed E-state index contributed by atoms with van der Waals surface area (Å²) in [7, 11) is 0. The molecule has 0 amide bonds. The Morgan fingerprint density at radius 3 is 2.12 bits per heavy atom. The van der Waals surface area contributed by atoms with E-state index in [2.05, 4.69) is 9.80 Å². The lowest BCUT2D eigenvalue weighted by Crippen LogP contribution is -2.37. The molecule has 1 atom stereocenters. The lowest BCUT2D eigenvalue weighted by molar-refractivity contribution is 0.196. The van der Waals surface area contributed by atoms with Crippen LogP contribution in [0, 0.1) is 0 Å². The summed E-state index contributed by atoms with van der Waals surface area (Å²) in [5.74, 6) is 0. The molecule has 0 aromatic rings. The third kappa shape index (κ3) is 3.44. The van der Waals surface area contributed by atoms with Crippen LogP contribution in [-0.2, 0) is 0 Å². The Morgan fingerprint density at radius 2 is 1.50 bits per heavy atom. The van der Waals surface area contributed by atoms with Crippen molar-refractivity contribution in [2.45, 2.75) is 44.6 Å². The molecule has 2 N–H and O–H groups in total. The van der Waals surface area contributed by atoms with E-state index in [1.54, 1.807) is 0 Å². The molecule has 2 aliphatic rings. The highest BCUT2D eigenvalue weighted by atomic mass is 15.2. The number of nitrogens with two attached hydrogens (primary N) is 1. The van der Waals surface area contributed by atoms with Crippen molar-refractivity contribution in [3.8, 4) is 0 Å². The number of hydrogen-bond acceptors (Lipinski definition) is 3. The van der Waals surface area contributed by atoms with E-state index in [1.807, 2.05) is 0 Å². The first-order valence-electron chi connectivity index (χ1n) is 7.06. The van der Waals surface area contributed by atoms with E-state index in [4.69, 9.17) is 5.73 Å². The third-order valence-electron chi connectivity index (χ3n) is 4.13. The van der Waals surface area contributed by atoms with Crippen LogP contribution in [0.1, 0.15) is 38.5 Å². The molecule has 3 nitrogen and oxygen atoms in total. The molecule has 16 heavy (non-hydrogen) atoms. The molecule has 2 rings (SSSR count). The van der Waals surface area contributed by atoms with Crippen molar-refractivity contribution in [1.82, 2.24) is 9.80 Å². The fourth-order valence-electron chi connectivity index (χ4n) is 3.15. The van der Waals surface area contributed by atoms with Crippen LogP contribution in [0.15, 0.2) is 0 Å². The van der Waals surface area contributed by atoms with Gasteiger partial charge in [0.15, 0.2) is 0 Å². The van der Waals surface area contributed by atoms with Crippen molar-refractivity contribution >= 4 is 0 Å². The van der Waals surface area contributed by atoms with E-state index < -0.39 is 0 Å². The molecule has 3 heteroatoms. The summed E-state index contributed by atoms with van der Waals surface area (Å²) in [6.45, 7) is 7.42. The minimum Gasteiger partial charge on any atom is -0.330 e. The monoisotopic (exact) mass is 225 g/mol. The molecule has 2 fully saturated rings. The quantitative estimate of drug-likeness (QED) is 0.739. The molecule has 0 radical (unpaired) electrons. The minimum absolute atomic E-state index is 0.757. The highest BCUT2D eigenvalue weighted by Crippen LogP contribution is 2.18. The standard InChI is InChI=1S/C13H27N3/c14-7-5-13(16-10-3-4-11-16)6-12-15-8-1-2-9-15/h13H,1-12,14H2. The molecule has 1 unspecified atom stereocenters. The maximum atomic E-state index is 5.74. The Labute approximate surface area is 100.0 Å². The van der Waals surface area contributed by atoms with Crippen molar-refractivity contribution in [2.24, 2.45) is 5.73 Å². The van der Waals surface area contributed by atoms with Gasteiger partial charge in [-0.2, -0.15) is 0 Å². The van der Waals surface area contributed by atoms with E-state index in [9.17, 15) is 0 Å². The summed E-state index contributed by atoms with van der Waals surface area (Å²) in [5, 5.41) is 0. The summed E-state index contributed by atoms with van der Waals surface area (Å²) in [4.78, 5) is 5.29. The average molecular weight is 225 g/mol. The molecule has 0 aromatic heterocycles. The van der Waals surface area contributed by atoms with Gasteiger partial charge in [0.1, 0.15) is 0 Å². The molecule has 2 heterocycles. The normalized spacial score (nSPS) is 25.3. The summed E-state index contributed by atoms with van der Waals surface area (Å²) in [6.07, 6.45) is 8.12. The number of rotatable bonds is 6. The predicted molar refractivity (Wildman–Crippen MR) is 68.6 cm³/mol. The first kappa shape index (κ1) is 12.3. The van der Waals surface area contributed by atoms with Crippen molar-refractivity contribution in [1.29, 1.82) is 0 Å². The van der Waals surface area contributed by atoms with Gasteiger partial charge < -0.3 is 15.5 Å². The highest BCUT2D eigenvalue weighted by molar-refractivity contribution is 4.78. The maximum Gasteiger partial charge on any atom is 0.0119 e. The lowest BCUT2D eigenvalue weighted by Gasteiger charge is -2.29. The van der Waals surface area contributed by atoms with Gasteiger partial charge in [-0.05, 0) is 77.8 Å². The van der Waals surface area contributed by atoms with Gasteiger partial charge in [-0.15, -0.1) is 0 Å². The SMILES string of the molecule is NCCC(CCN1CCCC1)N1CCCC1. The molecule has 0 bridgehead atoms. The van der Waals surface area contributed by atoms with Gasteiger partial charge in [0, 0.05) is 6.04 Å². The summed E-state index contributed by atoms with van der Waals surface area (Å²) < 4.78 is 0. The van der Waals surface area contributed by atoms with E-state index in [0.29, 0.717) is 0 Å². The van der Waals surface area contributed by atoms with Crippen LogP contribution < -0.4 is 5.73 Å². The van der Waals surface area contributed by atoms with Crippen LogP contribution in [0.3, 0.4) is 0 Å². The largest absolute Gasteiger partial charge is 0.330 e. The van der Waals surface area contributed by atoms with Crippen molar-refractivity contribution in [3.63, 3.8) is 0 Å². The van der Waals surface area contributed by atoms with Crippen LogP contribution in [0.5, 0.6) is 0 Å². The highest BCUT2D eigenvalue weighted by Gasteiger charge is 2.22. The Kier molecular flexibility index (Phi) is 5.07. The minimum atomic E-state index is 0.757. The van der Waals surface area contributed by atoms with Gasteiger partial charge in [-0.25, -0.2) is 0 Å². The van der Waals surface area contributed by atoms with Gasteiger partial charge in [0.25, 0.3) is 0 Å². The molecule has 0 saturated carbocycles. The molecule has 0 aromatic carbocycles. The van der Waals surface area contributed by atoms with Crippen LogP contribution in [0.25, 0.3) is 0 Å². The van der Waals surface area contributed by atoms with Gasteiger partial charge >= 0.3 is 0 Å². The number of likely N-dealkylation sites (tertiary alicyclic amines) is 2. The lowest BCUT2D eigenvalue weighted by atomic mass is 10.1. The molecule has 0 aliphatic carbocycles. The first-order chi connectivity index (χ1) is 7.90. The molecule has 2 aliphatic heterocycles. The van der Waals surface area contributed by atoms with Crippen LogP contribution in [0.2, 0.25) is 0 Å². The van der Waals surface area contributed by atoms with E-state index >= 15 is 0 Å². The van der Waals surface area contributed by atoms with Crippen LogP contribution in [-0.4, -0.2) is 55.1 Å². The second kappa shape index (κ2) is 6.58. The Balaban J connectivity index is 1.72. The predicted octanol–water partition coefficient (Wildman–Crippen LogP) is 1.29. The zero-order valence-corrected chi connectivity index (χ0v) is 10.5. The fourth-order valence-corrected chi connectivity index (χ4v) is 3.15. The number of nitrogens with zero attached hydrogens (tertiary/aromatic N) is 2. The third-order valence-corrected chi connectivity index (χ3v) is 4.13. The van der Waals surface area contributed by atoms with Crippen LogP contribution >= 0.6 is 0 Å². The molecule has 94 valence electrons. The fraction of sp³-hybridized carbons (Fsp3) is 1.00. The summed E-state index contributed by atoms with van der Waals surface area (Å²) >= 11 is 0. The van der Waals surface area contributed by atoms with Crippen molar-refractivity contribution < 1.29 is 0 Å². The zero-order valence-electron chi connectivity index (χ0n) is 10.5. The summed E-state index contributed by atoms with van der Waals surface area (Å²) in [6, 6.07) is 0.757. The van der Waals surface area contributed by atoms with Crippen molar-refractivity contribution in [3.05, 3.63) is 0 Å². The number of hydrogen-bond donors (Lipinski definition) is 1. The molecule has 0 spiro atoms. The van der Waals surface area contributed by atoms with Gasteiger partial charge in [0.2, 0.25) is 0 Å². The Hall–Kier alpha value is -0.120. The van der Waals surface area contributed by atoms with Gasteiger partial charge in [-0.1, -0.05) is 0 Å². The zero-order chi connectivity index (χ0) is 11.2. The second-order valence-electron chi connectivity index (χ2n) is 5.31. The van der Waals surface area contributed by atoms with Gasteiger partial charge in [0.05, 0.1) is 0 Å². The van der Waals surface area contributed by atoms with E-state index in [-0.39, 0.29) is 0 Å². The topological polar surface area (TPSA) is 32.5 Å². The molecular formula is C13H27N3. The Bertz CT molecular complexity index is 184. The van der Waals surface area contributed by atoms with Crippen LogP contribution in [0.4, 0.5) is 0 Å². The smallest absolute Gasteiger partial charge is 0.0119 e. The molecular weight excluding hydrogens is 198 g/mol. The van der Waals surface area contributed by atoms with Crippen molar-refractivity contribution in [2.75, 3.05) is 39.3 Å². The average Bonchev–Trinajstić information content (AvgIpc) is 2.96. The van der Waals surface area contributed by atoms with E-state index in [0.717, 1.165) is 12.6 Å². The van der Waals surface area contributed by atoms with Gasteiger partial charge in [-0.3, -0.25) is 0 Å². The maximum absolute atomic E-state index is 5.74. The Morgan fingerprint density at radius 1 is 0.875 bits per heavy atom. The molecule has 2 saturated heterocycles. The van der Waals surface area contributed by atoms with E-state index in [1.165, 1.54) is 71.2 Å². The first-order valence-corrected chi connectivity index (χ1v) is 7.06. The summed E-state index contributed by atoms with van der Waals surface area (Å²) in [5.41, 5.74) is 5.74.